The van der Waals surface area contributed by atoms with Crippen LogP contribution in [0.4, 0.5) is 13.2 Å². The third kappa shape index (κ3) is 8.16. The van der Waals surface area contributed by atoms with Crippen LogP contribution in [0.25, 0.3) is 65.6 Å². The van der Waals surface area contributed by atoms with Crippen LogP contribution >= 0.6 is 23.7 Å². The molecule has 3 aromatic carbocycles. The molecule has 0 radical (unpaired) electrons. The van der Waals surface area contributed by atoms with Gasteiger partial charge < -0.3 is 14.6 Å². The summed E-state index contributed by atoms with van der Waals surface area (Å²) in [7, 11) is 0. The quantitative estimate of drug-likeness (QED) is 0.183. The smallest absolute Gasteiger partial charge is 0.173 e. The second-order valence-electron chi connectivity index (χ2n) is 15.2. The summed E-state index contributed by atoms with van der Waals surface area (Å²) in [5.74, 6) is -0.685. The Balaban J connectivity index is 0.000000162. The third-order valence-electron chi connectivity index (χ3n) is 11.3. The van der Waals surface area contributed by atoms with Crippen molar-refractivity contribution >= 4 is 67.0 Å². The largest absolute Gasteiger partial charge is 0.313 e. The minimum absolute atomic E-state index is 0. The van der Waals surface area contributed by atoms with E-state index in [1.165, 1.54) is 12.1 Å². The number of likely N-dealkylation sites (tertiary alicyclic amines) is 1. The maximum absolute atomic E-state index is 15.1. The number of aryl methyl sites for hydroxylation is 3. The lowest BCUT2D eigenvalue weighted by Crippen LogP contribution is -2.32. The van der Waals surface area contributed by atoms with Gasteiger partial charge in [-0.25, -0.2) is 23.1 Å². The van der Waals surface area contributed by atoms with Gasteiger partial charge in [0, 0.05) is 41.2 Å². The van der Waals surface area contributed by atoms with Crippen LogP contribution in [-0.2, 0) is 0 Å². The Labute approximate surface area is 349 Å². The Morgan fingerprint density at radius 2 is 1.44 bits per heavy atom. The monoisotopic (exact) mass is 833 g/mol. The molecule has 0 atom stereocenters. The van der Waals surface area contributed by atoms with E-state index < -0.39 is 5.82 Å². The maximum atomic E-state index is 15.1. The molecule has 0 spiro atoms. The van der Waals surface area contributed by atoms with Crippen molar-refractivity contribution in [3.63, 3.8) is 0 Å². The average molecular weight is 834 g/mol. The molecule has 59 heavy (non-hydrogen) atoms. The third-order valence-corrected chi connectivity index (χ3v) is 12.2. The van der Waals surface area contributed by atoms with E-state index in [1.54, 1.807) is 47.2 Å². The van der Waals surface area contributed by atoms with Crippen molar-refractivity contribution in [1.29, 1.82) is 0 Å². The van der Waals surface area contributed by atoms with E-state index in [2.05, 4.69) is 72.6 Å². The number of hydrogen-bond acceptors (Lipinski definition) is 9. The van der Waals surface area contributed by atoms with Gasteiger partial charge in [-0.2, -0.15) is 10.2 Å². The second-order valence-corrected chi connectivity index (χ2v) is 16.5. The lowest BCUT2D eigenvalue weighted by molar-refractivity contribution is 0.220. The standard InChI is InChI=1S/C24H25FN4S.C21H17F2N5.ClH/c1-4-29-7-5-16(6-8-29)21-13-19-20(25)10-18(11-22(19)28-27-21)17-9-14(2)24-23(12-17)30-15(3)26-24;1-12-10-28-11-15(7-18(23)21(28)25-12)19-9-16-17(22)6-14(8-20(16)27-26-19)13-2-4-24-5-3-13;/h9-13,16H,4-8H2,1-3H3;2,6-11,24H,3-5H2,1H3;1H. The normalized spacial score (nSPS) is 15.1. The highest BCUT2D eigenvalue weighted by Gasteiger charge is 2.22. The minimum atomic E-state index is -0.457. The van der Waals surface area contributed by atoms with Crippen molar-refractivity contribution < 1.29 is 13.2 Å². The Hall–Kier alpha value is -5.34. The fourth-order valence-corrected chi connectivity index (χ4v) is 9.08. The van der Waals surface area contributed by atoms with Crippen molar-refractivity contribution in [2.45, 2.75) is 52.9 Å². The molecule has 0 aliphatic carbocycles. The van der Waals surface area contributed by atoms with Crippen molar-refractivity contribution in [1.82, 2.24) is 45.0 Å². The molecule has 1 saturated heterocycles. The molecule has 1 N–H and O–H groups in total. The molecule has 0 amide bonds. The molecule has 9 nitrogen and oxygen atoms in total. The zero-order valence-corrected chi connectivity index (χ0v) is 34.8. The summed E-state index contributed by atoms with van der Waals surface area (Å²) in [6.07, 6.45) is 8.48. The summed E-state index contributed by atoms with van der Waals surface area (Å²) in [4.78, 5) is 11.2. The van der Waals surface area contributed by atoms with Crippen LogP contribution < -0.4 is 5.32 Å². The summed E-state index contributed by atoms with van der Waals surface area (Å²) in [5.41, 5.74) is 9.79. The molecule has 0 saturated carbocycles. The molecule has 1 fully saturated rings. The number of thiazole rings is 1. The highest BCUT2D eigenvalue weighted by Crippen LogP contribution is 2.35. The number of aromatic nitrogens is 7. The van der Waals surface area contributed by atoms with Gasteiger partial charge in [-0.15, -0.1) is 33.9 Å². The molecule has 0 unspecified atom stereocenters. The van der Waals surface area contributed by atoms with Gasteiger partial charge in [0.15, 0.2) is 11.5 Å². The summed E-state index contributed by atoms with van der Waals surface area (Å²) < 4.78 is 47.1. The minimum Gasteiger partial charge on any atom is -0.313 e. The number of pyridine rings is 1. The molecule has 14 heteroatoms. The molecule has 8 aromatic rings. The van der Waals surface area contributed by atoms with E-state index >= 15 is 4.39 Å². The molecule has 2 aliphatic heterocycles. The molecular weight excluding hydrogens is 791 g/mol. The van der Waals surface area contributed by atoms with Crippen LogP contribution in [0.2, 0.25) is 0 Å². The highest BCUT2D eigenvalue weighted by atomic mass is 35.5. The summed E-state index contributed by atoms with van der Waals surface area (Å²) >= 11 is 1.67. The van der Waals surface area contributed by atoms with E-state index in [0.29, 0.717) is 44.7 Å². The molecule has 302 valence electrons. The van der Waals surface area contributed by atoms with Gasteiger partial charge in [0.1, 0.15) is 11.6 Å². The van der Waals surface area contributed by atoms with Gasteiger partial charge in [-0.1, -0.05) is 13.0 Å². The van der Waals surface area contributed by atoms with Crippen molar-refractivity contribution in [2.75, 3.05) is 32.7 Å². The fraction of sp³-hybridized carbons (Fsp3) is 0.289. The number of nitrogens with zero attached hydrogens (tertiary/aromatic N) is 8. The Morgan fingerprint density at radius 3 is 2.19 bits per heavy atom. The number of imidazole rings is 1. The van der Waals surface area contributed by atoms with Crippen molar-refractivity contribution in [3.8, 4) is 22.4 Å². The van der Waals surface area contributed by atoms with E-state index in [1.807, 2.05) is 25.1 Å². The fourth-order valence-electron chi connectivity index (χ4n) is 8.14. The van der Waals surface area contributed by atoms with Gasteiger partial charge in [0.2, 0.25) is 0 Å². The number of rotatable bonds is 5. The Bertz CT molecular complexity index is 2900. The highest BCUT2D eigenvalue weighted by molar-refractivity contribution is 7.18. The molecule has 2 aliphatic rings. The van der Waals surface area contributed by atoms with Gasteiger partial charge in [0.25, 0.3) is 0 Å². The van der Waals surface area contributed by atoms with Crippen LogP contribution in [0.15, 0.2) is 73.1 Å². The molecule has 10 rings (SSSR count). The van der Waals surface area contributed by atoms with Crippen LogP contribution in [-0.4, -0.2) is 72.4 Å². The predicted molar refractivity (Wildman–Crippen MR) is 233 cm³/mol. The first-order valence-corrected chi connectivity index (χ1v) is 20.5. The second kappa shape index (κ2) is 16.7. The number of fused-ring (bicyclic) bond motifs is 4. The first-order valence-electron chi connectivity index (χ1n) is 19.7. The van der Waals surface area contributed by atoms with E-state index in [4.69, 9.17) is 0 Å². The SMILES string of the molecule is CCN1CCC(c2cc3c(F)cc(-c4cc(C)c5nc(C)sc5c4)cc3nn2)CC1.Cc1cn2cc(-c3cc4c(F)cc(C5=CCNCC5)cc4nn3)cc(F)c2n1.Cl. The van der Waals surface area contributed by atoms with Gasteiger partial charge in [-0.05, 0) is 149 Å². The number of benzene rings is 3. The van der Waals surface area contributed by atoms with Crippen LogP contribution in [0.5, 0.6) is 0 Å². The molecule has 0 bridgehead atoms. The van der Waals surface area contributed by atoms with Gasteiger partial charge in [0.05, 0.1) is 43.3 Å². The van der Waals surface area contributed by atoms with Crippen LogP contribution in [0, 0.1) is 38.2 Å². The first-order chi connectivity index (χ1) is 28.1. The topological polar surface area (TPSA) is 97.0 Å². The maximum Gasteiger partial charge on any atom is 0.173 e. The first kappa shape index (κ1) is 40.4. The van der Waals surface area contributed by atoms with E-state index in [-0.39, 0.29) is 29.7 Å². The lowest BCUT2D eigenvalue weighted by atomic mass is 9.92. The van der Waals surface area contributed by atoms with Gasteiger partial charge >= 0.3 is 0 Å². The van der Waals surface area contributed by atoms with E-state index in [0.717, 1.165) is 101 Å². The van der Waals surface area contributed by atoms with Crippen molar-refractivity contribution in [2.24, 2.45) is 0 Å². The predicted octanol–water partition coefficient (Wildman–Crippen LogP) is 10.2. The zero-order valence-electron chi connectivity index (χ0n) is 33.2. The summed E-state index contributed by atoms with van der Waals surface area (Å²) in [6.45, 7) is 12.9. The molecular formula is C45H43ClF3N9S. The zero-order chi connectivity index (χ0) is 40.1. The number of halogens is 4. The number of nitrogens with one attached hydrogen (secondary N) is 1. The van der Waals surface area contributed by atoms with Crippen molar-refractivity contribution in [3.05, 3.63) is 118 Å². The van der Waals surface area contributed by atoms with Crippen LogP contribution in [0.1, 0.15) is 59.6 Å². The Kier molecular flexibility index (Phi) is 11.5. The average Bonchev–Trinajstić information content (AvgIpc) is 3.82. The summed E-state index contributed by atoms with van der Waals surface area (Å²) in [5, 5.41) is 22.5. The number of hydrogen-bond donors (Lipinski definition) is 1. The Morgan fingerprint density at radius 1 is 0.746 bits per heavy atom. The van der Waals surface area contributed by atoms with Gasteiger partial charge in [-0.3, -0.25) is 0 Å². The summed E-state index contributed by atoms with van der Waals surface area (Å²) in [6, 6.07) is 16.0. The number of piperidine rings is 1. The molecule has 5 aromatic heterocycles. The van der Waals surface area contributed by atoms with E-state index in [9.17, 15) is 8.78 Å². The van der Waals surface area contributed by atoms with Crippen LogP contribution in [0.3, 0.4) is 0 Å². The lowest BCUT2D eigenvalue weighted by Gasteiger charge is -2.30. The molecule has 7 heterocycles.